The van der Waals surface area contributed by atoms with Crippen LogP contribution < -0.4 is 0 Å². The van der Waals surface area contributed by atoms with Crippen molar-refractivity contribution in [2.45, 2.75) is 45.6 Å². The summed E-state index contributed by atoms with van der Waals surface area (Å²) in [4.78, 5) is 14.4. The molecule has 0 bridgehead atoms. The van der Waals surface area contributed by atoms with Gasteiger partial charge in [-0.25, -0.2) is 4.39 Å². The van der Waals surface area contributed by atoms with E-state index in [4.69, 9.17) is 4.74 Å². The number of methoxy groups -OCH3 is 1. The Hall–Kier alpha value is -2.20. The molecule has 0 saturated carbocycles. The zero-order valence-corrected chi connectivity index (χ0v) is 17.2. The van der Waals surface area contributed by atoms with Crippen molar-refractivity contribution in [3.63, 3.8) is 0 Å². The molecule has 1 aliphatic heterocycles. The topological polar surface area (TPSA) is 29.5 Å². The fourth-order valence-corrected chi connectivity index (χ4v) is 4.11. The molecule has 1 fully saturated rings. The summed E-state index contributed by atoms with van der Waals surface area (Å²) in [6, 6.07) is 13.2. The van der Waals surface area contributed by atoms with Crippen molar-refractivity contribution in [3.8, 4) is 0 Å². The van der Waals surface area contributed by atoms with Gasteiger partial charge in [-0.3, -0.25) is 9.69 Å². The molecule has 2 aromatic rings. The van der Waals surface area contributed by atoms with E-state index in [2.05, 4.69) is 30.9 Å². The minimum absolute atomic E-state index is 0.0931. The van der Waals surface area contributed by atoms with Crippen LogP contribution in [0.5, 0.6) is 0 Å². The van der Waals surface area contributed by atoms with E-state index in [-0.39, 0.29) is 23.7 Å². The van der Waals surface area contributed by atoms with Crippen LogP contribution >= 0.6 is 0 Å². The standard InChI is InChI=1S/C24H30FNO2/c1-16-11-13-26(14-12-16)23(19-5-8-21(25)9-6-19)22-10-7-20(15-17(22)2)18(3)24(27)28-4/h5-10,15-16,18,23H,11-14H2,1-4H3. The van der Waals surface area contributed by atoms with Gasteiger partial charge >= 0.3 is 5.97 Å². The SMILES string of the molecule is COC(=O)C(C)c1ccc(C(c2ccc(F)cc2)N2CCC(C)CC2)c(C)c1. The maximum absolute atomic E-state index is 13.5. The van der Waals surface area contributed by atoms with Gasteiger partial charge in [0.2, 0.25) is 0 Å². The first-order chi connectivity index (χ1) is 13.4. The molecule has 2 atom stereocenters. The summed E-state index contributed by atoms with van der Waals surface area (Å²) in [7, 11) is 1.42. The lowest BCUT2D eigenvalue weighted by Crippen LogP contribution is -2.37. The summed E-state index contributed by atoms with van der Waals surface area (Å²) in [5, 5.41) is 0. The number of halogens is 1. The van der Waals surface area contributed by atoms with E-state index in [1.165, 1.54) is 37.6 Å². The third-order valence-electron chi connectivity index (χ3n) is 6.01. The third kappa shape index (κ3) is 4.44. The Bertz CT molecular complexity index is 810. The molecule has 0 amide bonds. The second kappa shape index (κ2) is 8.87. The van der Waals surface area contributed by atoms with Crippen molar-refractivity contribution in [1.29, 1.82) is 0 Å². The summed E-state index contributed by atoms with van der Waals surface area (Å²) < 4.78 is 18.4. The molecule has 0 spiro atoms. The van der Waals surface area contributed by atoms with Crippen LogP contribution in [-0.4, -0.2) is 31.1 Å². The number of aryl methyl sites for hydroxylation is 1. The number of hydrogen-bond donors (Lipinski definition) is 0. The zero-order chi connectivity index (χ0) is 20.3. The van der Waals surface area contributed by atoms with Gasteiger partial charge in [0.15, 0.2) is 0 Å². The minimum Gasteiger partial charge on any atom is -0.469 e. The highest BCUT2D eigenvalue weighted by Crippen LogP contribution is 2.35. The van der Waals surface area contributed by atoms with Crippen molar-refractivity contribution in [1.82, 2.24) is 4.90 Å². The Morgan fingerprint density at radius 3 is 2.29 bits per heavy atom. The van der Waals surface area contributed by atoms with Crippen molar-refractivity contribution in [3.05, 3.63) is 70.5 Å². The first-order valence-electron chi connectivity index (χ1n) is 10.1. The molecule has 2 aromatic carbocycles. The van der Waals surface area contributed by atoms with Crippen LogP contribution in [0.25, 0.3) is 0 Å². The monoisotopic (exact) mass is 383 g/mol. The molecule has 1 heterocycles. The molecule has 0 radical (unpaired) electrons. The smallest absolute Gasteiger partial charge is 0.312 e. The lowest BCUT2D eigenvalue weighted by molar-refractivity contribution is -0.141. The molecule has 1 saturated heterocycles. The van der Waals surface area contributed by atoms with Gasteiger partial charge < -0.3 is 4.74 Å². The highest BCUT2D eigenvalue weighted by molar-refractivity contribution is 5.77. The minimum atomic E-state index is -0.294. The van der Waals surface area contributed by atoms with Crippen molar-refractivity contribution >= 4 is 5.97 Å². The maximum atomic E-state index is 13.5. The molecule has 3 rings (SSSR count). The van der Waals surface area contributed by atoms with Gasteiger partial charge in [-0.05, 0) is 80.1 Å². The third-order valence-corrected chi connectivity index (χ3v) is 6.01. The summed E-state index contributed by atoms with van der Waals surface area (Å²) in [6.07, 6.45) is 2.35. The van der Waals surface area contributed by atoms with E-state index in [1.54, 1.807) is 0 Å². The van der Waals surface area contributed by atoms with Crippen molar-refractivity contribution < 1.29 is 13.9 Å². The van der Waals surface area contributed by atoms with Gasteiger partial charge in [0.25, 0.3) is 0 Å². The summed E-state index contributed by atoms with van der Waals surface area (Å²) >= 11 is 0. The van der Waals surface area contributed by atoms with E-state index in [0.29, 0.717) is 0 Å². The Balaban J connectivity index is 1.98. The number of carbonyl (C=O) groups is 1. The summed E-state index contributed by atoms with van der Waals surface area (Å²) in [6.45, 7) is 8.32. The highest BCUT2D eigenvalue weighted by atomic mass is 19.1. The number of nitrogens with zero attached hydrogens (tertiary/aromatic N) is 1. The normalized spacial score (nSPS) is 17.9. The lowest BCUT2D eigenvalue weighted by atomic mass is 9.88. The molecule has 2 unspecified atom stereocenters. The molecular formula is C24H30FNO2. The number of likely N-dealkylation sites (tertiary alicyclic amines) is 1. The molecule has 0 N–H and O–H groups in total. The van der Waals surface area contributed by atoms with E-state index < -0.39 is 0 Å². The molecule has 0 aliphatic carbocycles. The Labute approximate surface area is 167 Å². The maximum Gasteiger partial charge on any atom is 0.312 e. The van der Waals surface area contributed by atoms with Crippen LogP contribution in [-0.2, 0) is 9.53 Å². The van der Waals surface area contributed by atoms with Crippen molar-refractivity contribution in [2.24, 2.45) is 5.92 Å². The van der Waals surface area contributed by atoms with E-state index in [0.717, 1.165) is 35.7 Å². The number of ether oxygens (including phenoxy) is 1. The molecular weight excluding hydrogens is 353 g/mol. The molecule has 3 nitrogen and oxygen atoms in total. The molecule has 0 aromatic heterocycles. The Morgan fingerprint density at radius 2 is 1.71 bits per heavy atom. The highest BCUT2D eigenvalue weighted by Gasteiger charge is 2.27. The van der Waals surface area contributed by atoms with Gasteiger partial charge in [0.05, 0.1) is 19.1 Å². The largest absolute Gasteiger partial charge is 0.469 e. The number of esters is 1. The number of hydrogen-bond acceptors (Lipinski definition) is 3. The molecule has 28 heavy (non-hydrogen) atoms. The van der Waals surface area contributed by atoms with E-state index in [9.17, 15) is 9.18 Å². The van der Waals surface area contributed by atoms with Crippen LogP contribution in [0.4, 0.5) is 4.39 Å². The second-order valence-corrected chi connectivity index (χ2v) is 8.03. The van der Waals surface area contributed by atoms with Crippen LogP contribution in [0.2, 0.25) is 0 Å². The molecule has 4 heteroatoms. The average molecular weight is 384 g/mol. The predicted octanol–water partition coefficient (Wildman–Crippen LogP) is 5.23. The molecule has 150 valence electrons. The quantitative estimate of drug-likeness (QED) is 0.662. The summed E-state index contributed by atoms with van der Waals surface area (Å²) in [5.74, 6) is 0.00773. The van der Waals surface area contributed by atoms with Gasteiger partial charge in [0.1, 0.15) is 5.82 Å². The molecule has 1 aliphatic rings. The number of piperidine rings is 1. The predicted molar refractivity (Wildman–Crippen MR) is 110 cm³/mol. The number of carbonyl (C=O) groups excluding carboxylic acids is 1. The Morgan fingerprint density at radius 1 is 1.11 bits per heavy atom. The van der Waals surface area contributed by atoms with Gasteiger partial charge in [0, 0.05) is 0 Å². The van der Waals surface area contributed by atoms with Crippen LogP contribution in [0.15, 0.2) is 42.5 Å². The number of benzene rings is 2. The van der Waals surface area contributed by atoms with Crippen LogP contribution in [0, 0.1) is 18.7 Å². The first kappa shape index (κ1) is 20.5. The zero-order valence-electron chi connectivity index (χ0n) is 17.2. The summed E-state index contributed by atoms with van der Waals surface area (Å²) in [5.41, 5.74) is 4.41. The second-order valence-electron chi connectivity index (χ2n) is 8.03. The van der Waals surface area contributed by atoms with Crippen molar-refractivity contribution in [2.75, 3.05) is 20.2 Å². The lowest BCUT2D eigenvalue weighted by Gasteiger charge is -2.38. The van der Waals surface area contributed by atoms with Gasteiger partial charge in [-0.15, -0.1) is 0 Å². The van der Waals surface area contributed by atoms with E-state index >= 15 is 0 Å². The fraction of sp³-hybridized carbons (Fsp3) is 0.458. The Kier molecular flexibility index (Phi) is 6.50. The first-order valence-corrected chi connectivity index (χ1v) is 10.1. The fourth-order valence-electron chi connectivity index (χ4n) is 4.11. The van der Waals surface area contributed by atoms with Gasteiger partial charge in [-0.1, -0.05) is 37.3 Å². The van der Waals surface area contributed by atoms with Crippen LogP contribution in [0.3, 0.4) is 0 Å². The van der Waals surface area contributed by atoms with Gasteiger partial charge in [-0.2, -0.15) is 0 Å². The average Bonchev–Trinajstić information content (AvgIpc) is 2.70. The van der Waals surface area contributed by atoms with E-state index in [1.807, 2.05) is 25.1 Å². The van der Waals surface area contributed by atoms with Crippen LogP contribution in [0.1, 0.15) is 60.9 Å². The number of rotatable bonds is 5.